The summed E-state index contributed by atoms with van der Waals surface area (Å²) in [5.41, 5.74) is 0.131. The van der Waals surface area contributed by atoms with E-state index >= 15 is 0 Å². The number of nitrogens with zero attached hydrogens (tertiary/aromatic N) is 2. The molecule has 0 radical (unpaired) electrons. The van der Waals surface area contributed by atoms with Gasteiger partial charge < -0.3 is 10.3 Å². The van der Waals surface area contributed by atoms with Gasteiger partial charge in [0.15, 0.2) is 0 Å². The maximum absolute atomic E-state index is 12.7. The van der Waals surface area contributed by atoms with E-state index in [1.165, 1.54) is 6.33 Å². The number of halogens is 3. The lowest BCUT2D eigenvalue weighted by molar-refractivity contribution is -0.384. The summed E-state index contributed by atoms with van der Waals surface area (Å²) in [4.78, 5) is 17.1. The molecule has 1 heterocycles. The van der Waals surface area contributed by atoms with Gasteiger partial charge in [0.25, 0.3) is 5.69 Å². The molecule has 3 rings (SSSR count). The molecule has 0 bridgehead atoms. The van der Waals surface area contributed by atoms with Gasteiger partial charge in [-0.05, 0) is 30.3 Å². The Labute approximate surface area is 127 Å². The summed E-state index contributed by atoms with van der Waals surface area (Å²) in [7, 11) is 0. The van der Waals surface area contributed by atoms with Crippen LogP contribution in [0.5, 0.6) is 0 Å². The van der Waals surface area contributed by atoms with Gasteiger partial charge >= 0.3 is 6.18 Å². The Balaban J connectivity index is 1.99. The molecule has 0 saturated heterocycles. The molecule has 0 aliphatic rings. The van der Waals surface area contributed by atoms with Crippen LogP contribution in [0.4, 0.5) is 30.2 Å². The highest BCUT2D eigenvalue weighted by Gasteiger charge is 2.33. The highest BCUT2D eigenvalue weighted by molar-refractivity contribution is 5.81. The molecule has 118 valence electrons. The van der Waals surface area contributed by atoms with E-state index in [2.05, 4.69) is 15.3 Å². The average molecular weight is 322 g/mol. The molecule has 1 aromatic heterocycles. The number of nitro groups is 1. The minimum atomic E-state index is -4.64. The van der Waals surface area contributed by atoms with Crippen molar-refractivity contribution in [3.8, 4) is 0 Å². The third kappa shape index (κ3) is 2.93. The molecule has 0 atom stereocenters. The van der Waals surface area contributed by atoms with Crippen molar-refractivity contribution >= 4 is 28.1 Å². The van der Waals surface area contributed by atoms with E-state index < -0.39 is 22.4 Å². The molecule has 9 heteroatoms. The topological polar surface area (TPSA) is 83.9 Å². The van der Waals surface area contributed by atoms with Gasteiger partial charge in [-0.1, -0.05) is 0 Å². The number of imidazole rings is 1. The van der Waals surface area contributed by atoms with E-state index in [0.717, 1.165) is 17.6 Å². The number of aromatic nitrogens is 2. The van der Waals surface area contributed by atoms with Gasteiger partial charge in [-0.15, -0.1) is 0 Å². The second-order valence-electron chi connectivity index (χ2n) is 4.75. The molecular weight excluding hydrogens is 313 g/mol. The fraction of sp³-hybridized carbons (Fsp3) is 0.0714. The van der Waals surface area contributed by atoms with Crippen molar-refractivity contribution in [1.82, 2.24) is 9.97 Å². The molecule has 0 amide bonds. The Bertz CT molecular complexity index is 889. The van der Waals surface area contributed by atoms with Crippen molar-refractivity contribution in [2.24, 2.45) is 0 Å². The first kappa shape index (κ1) is 14.8. The summed E-state index contributed by atoms with van der Waals surface area (Å²) in [6, 6.07) is 7.32. The number of nitrogens with one attached hydrogen (secondary N) is 2. The van der Waals surface area contributed by atoms with Crippen LogP contribution in [-0.2, 0) is 6.18 Å². The number of rotatable bonds is 3. The zero-order valence-corrected chi connectivity index (χ0v) is 11.4. The predicted molar refractivity (Wildman–Crippen MR) is 77.5 cm³/mol. The Kier molecular flexibility index (Phi) is 3.40. The molecule has 2 N–H and O–H groups in total. The lowest BCUT2D eigenvalue weighted by Crippen LogP contribution is -2.06. The van der Waals surface area contributed by atoms with Crippen LogP contribution >= 0.6 is 0 Å². The van der Waals surface area contributed by atoms with Gasteiger partial charge in [-0.2, -0.15) is 13.2 Å². The van der Waals surface area contributed by atoms with Gasteiger partial charge in [0.1, 0.15) is 5.69 Å². The Morgan fingerprint density at radius 1 is 1.17 bits per heavy atom. The Morgan fingerprint density at radius 2 is 1.96 bits per heavy atom. The smallest absolute Gasteiger partial charge is 0.350 e. The number of hydrogen-bond acceptors (Lipinski definition) is 4. The number of anilines is 2. The second-order valence-corrected chi connectivity index (χ2v) is 4.75. The highest BCUT2D eigenvalue weighted by Crippen LogP contribution is 2.36. The lowest BCUT2D eigenvalue weighted by Gasteiger charge is -2.10. The molecule has 0 aliphatic heterocycles. The van der Waals surface area contributed by atoms with Crippen molar-refractivity contribution in [2.45, 2.75) is 6.18 Å². The SMILES string of the molecule is O=[N+]([O-])c1cc(C(F)(F)F)ccc1Nc1ccc2[nH]cnc2c1. The zero-order chi connectivity index (χ0) is 16.6. The monoisotopic (exact) mass is 322 g/mol. The summed E-state index contributed by atoms with van der Waals surface area (Å²) in [6.45, 7) is 0. The summed E-state index contributed by atoms with van der Waals surface area (Å²) in [5.74, 6) is 0. The largest absolute Gasteiger partial charge is 0.416 e. The average Bonchev–Trinajstić information content (AvgIpc) is 2.93. The van der Waals surface area contributed by atoms with E-state index in [1.807, 2.05) is 0 Å². The minimum Gasteiger partial charge on any atom is -0.350 e. The number of H-pyrrole nitrogens is 1. The quantitative estimate of drug-likeness (QED) is 0.558. The van der Waals surface area contributed by atoms with E-state index in [1.54, 1.807) is 18.2 Å². The van der Waals surface area contributed by atoms with Gasteiger partial charge in [0.2, 0.25) is 0 Å². The van der Waals surface area contributed by atoms with Crippen molar-refractivity contribution in [3.63, 3.8) is 0 Å². The third-order valence-electron chi connectivity index (χ3n) is 3.22. The fourth-order valence-electron chi connectivity index (χ4n) is 2.13. The Hall–Kier alpha value is -3.10. The molecule has 2 aromatic carbocycles. The fourth-order valence-corrected chi connectivity index (χ4v) is 2.13. The molecule has 0 aliphatic carbocycles. The first-order valence-corrected chi connectivity index (χ1v) is 6.40. The van der Waals surface area contributed by atoms with Crippen molar-refractivity contribution in [3.05, 3.63) is 58.4 Å². The van der Waals surface area contributed by atoms with E-state index in [-0.39, 0.29) is 5.69 Å². The van der Waals surface area contributed by atoms with Gasteiger partial charge in [-0.25, -0.2) is 4.98 Å². The summed E-state index contributed by atoms with van der Waals surface area (Å²) in [5, 5.41) is 13.8. The number of nitro benzene ring substituents is 1. The number of fused-ring (bicyclic) bond motifs is 1. The third-order valence-corrected chi connectivity index (χ3v) is 3.22. The second kappa shape index (κ2) is 5.27. The summed E-state index contributed by atoms with van der Waals surface area (Å²) >= 11 is 0. The predicted octanol–water partition coefficient (Wildman–Crippen LogP) is 4.23. The van der Waals surface area contributed by atoms with Gasteiger partial charge in [0, 0.05) is 11.8 Å². The van der Waals surface area contributed by atoms with Crippen LogP contribution in [0.25, 0.3) is 11.0 Å². The van der Waals surface area contributed by atoms with E-state index in [9.17, 15) is 23.3 Å². The normalized spacial score (nSPS) is 11.6. The molecule has 3 aromatic rings. The first-order valence-electron chi connectivity index (χ1n) is 6.40. The van der Waals surface area contributed by atoms with E-state index in [0.29, 0.717) is 17.3 Å². The van der Waals surface area contributed by atoms with Crippen molar-refractivity contribution in [1.29, 1.82) is 0 Å². The van der Waals surface area contributed by atoms with Crippen LogP contribution < -0.4 is 5.32 Å². The Morgan fingerprint density at radius 3 is 2.65 bits per heavy atom. The first-order chi connectivity index (χ1) is 10.8. The molecule has 0 unspecified atom stereocenters. The standard InChI is InChI=1S/C14H9F3N4O2/c15-14(16,17)8-1-3-11(13(5-8)21(22)23)20-9-2-4-10-12(6-9)19-7-18-10/h1-7,20H,(H,18,19). The van der Waals surface area contributed by atoms with Crippen LogP contribution in [0.3, 0.4) is 0 Å². The maximum atomic E-state index is 12.7. The molecule has 0 spiro atoms. The number of benzene rings is 2. The summed E-state index contributed by atoms with van der Waals surface area (Å²) in [6.07, 6.45) is -3.15. The van der Waals surface area contributed by atoms with Crippen molar-refractivity contribution in [2.75, 3.05) is 5.32 Å². The number of alkyl halides is 3. The van der Waals surface area contributed by atoms with Gasteiger partial charge in [0.05, 0.1) is 27.8 Å². The van der Waals surface area contributed by atoms with Crippen LogP contribution in [0.15, 0.2) is 42.7 Å². The van der Waals surface area contributed by atoms with Gasteiger partial charge in [-0.3, -0.25) is 10.1 Å². The van der Waals surface area contributed by atoms with Crippen molar-refractivity contribution < 1.29 is 18.1 Å². The summed E-state index contributed by atoms with van der Waals surface area (Å²) < 4.78 is 38.0. The van der Waals surface area contributed by atoms with Crippen LogP contribution in [-0.4, -0.2) is 14.9 Å². The highest BCUT2D eigenvalue weighted by atomic mass is 19.4. The molecule has 6 nitrogen and oxygen atoms in total. The minimum absolute atomic E-state index is 0.0297. The molecular formula is C14H9F3N4O2. The van der Waals surface area contributed by atoms with E-state index in [4.69, 9.17) is 0 Å². The zero-order valence-electron chi connectivity index (χ0n) is 11.4. The maximum Gasteiger partial charge on any atom is 0.416 e. The van der Waals surface area contributed by atoms with Crippen LogP contribution in [0.1, 0.15) is 5.56 Å². The molecule has 0 saturated carbocycles. The number of aromatic amines is 1. The van der Waals surface area contributed by atoms with Crippen LogP contribution in [0.2, 0.25) is 0 Å². The molecule has 23 heavy (non-hydrogen) atoms. The van der Waals surface area contributed by atoms with Crippen LogP contribution in [0, 0.1) is 10.1 Å². The molecule has 0 fully saturated rings. The lowest BCUT2D eigenvalue weighted by atomic mass is 10.1. The number of hydrogen-bond donors (Lipinski definition) is 2.